The largest absolute Gasteiger partial charge is 0.493 e. The molecular formula is C13H8N4OS. The second kappa shape index (κ2) is 4.23. The lowest BCUT2D eigenvalue weighted by Gasteiger charge is -1.99. The first kappa shape index (κ1) is 11.4. The molecule has 3 rings (SSSR count). The maximum absolute atomic E-state index is 9.65. The van der Waals surface area contributed by atoms with Gasteiger partial charge in [0.2, 0.25) is 5.88 Å². The molecule has 0 fully saturated rings. The third kappa shape index (κ3) is 1.96. The Balaban J connectivity index is 2.12. The summed E-state index contributed by atoms with van der Waals surface area (Å²) in [5.41, 5.74) is 3.54. The number of aliphatic imine (C=N–C) groups is 1. The SMILES string of the molecule is N#Cc1ccc2c(c1)/C(=C/c1[nH]c(=S)[nH]c1O)C=N2. The van der Waals surface area contributed by atoms with Gasteiger partial charge in [-0.25, -0.2) is 0 Å². The van der Waals surface area contributed by atoms with Crippen molar-refractivity contribution in [2.24, 2.45) is 4.99 Å². The minimum Gasteiger partial charge on any atom is -0.493 e. The summed E-state index contributed by atoms with van der Waals surface area (Å²) in [6.07, 6.45) is 3.42. The second-order valence-corrected chi connectivity index (χ2v) is 4.45. The number of allylic oxidation sites excluding steroid dienone is 1. The summed E-state index contributed by atoms with van der Waals surface area (Å²) >= 11 is 4.90. The minimum atomic E-state index is -0.0178. The first-order valence-corrected chi connectivity index (χ1v) is 5.90. The van der Waals surface area contributed by atoms with Gasteiger partial charge in [0.1, 0.15) is 5.69 Å². The molecule has 0 saturated heterocycles. The number of aromatic nitrogens is 2. The number of aromatic hydroxyl groups is 1. The number of fused-ring (bicyclic) bond motifs is 1. The van der Waals surface area contributed by atoms with E-state index in [1.807, 2.05) is 0 Å². The molecule has 6 heteroatoms. The van der Waals surface area contributed by atoms with Crippen LogP contribution in [0.15, 0.2) is 23.2 Å². The summed E-state index contributed by atoms with van der Waals surface area (Å²) in [5, 5.41) is 18.6. The highest BCUT2D eigenvalue weighted by Crippen LogP contribution is 2.33. The zero-order chi connectivity index (χ0) is 13.4. The Bertz CT molecular complexity index is 820. The van der Waals surface area contributed by atoms with E-state index in [2.05, 4.69) is 21.0 Å². The van der Waals surface area contributed by atoms with E-state index in [-0.39, 0.29) is 5.88 Å². The molecule has 0 unspecified atom stereocenters. The van der Waals surface area contributed by atoms with Gasteiger partial charge in [0.05, 0.1) is 17.3 Å². The number of hydrogen-bond acceptors (Lipinski definition) is 4. The van der Waals surface area contributed by atoms with Gasteiger partial charge in [-0.1, -0.05) is 0 Å². The number of nitrogens with one attached hydrogen (secondary N) is 2. The standard InChI is InChI=1S/C13H8N4OS/c14-5-7-1-2-10-9(3-7)8(6-15-10)4-11-12(18)17-13(19)16-11/h1-4,6,18H,(H2,16,17,19)/b8-4+. The number of nitriles is 1. The Morgan fingerprint density at radius 1 is 1.37 bits per heavy atom. The number of aromatic amines is 2. The molecular weight excluding hydrogens is 260 g/mol. The monoisotopic (exact) mass is 268 g/mol. The lowest BCUT2D eigenvalue weighted by atomic mass is 10.0. The second-order valence-electron chi connectivity index (χ2n) is 4.04. The fourth-order valence-corrected chi connectivity index (χ4v) is 2.13. The van der Waals surface area contributed by atoms with Gasteiger partial charge in [0, 0.05) is 17.4 Å². The zero-order valence-corrected chi connectivity index (χ0v) is 10.5. The number of H-pyrrole nitrogens is 2. The van der Waals surface area contributed by atoms with Gasteiger partial charge in [-0.15, -0.1) is 0 Å². The summed E-state index contributed by atoms with van der Waals surface area (Å²) in [6.45, 7) is 0. The number of nitrogens with zero attached hydrogens (tertiary/aromatic N) is 2. The maximum atomic E-state index is 9.65. The van der Waals surface area contributed by atoms with E-state index >= 15 is 0 Å². The highest BCUT2D eigenvalue weighted by Gasteiger charge is 2.14. The van der Waals surface area contributed by atoms with Crippen LogP contribution in [0.2, 0.25) is 0 Å². The topological polar surface area (TPSA) is 88.0 Å². The van der Waals surface area contributed by atoms with Gasteiger partial charge in [0.25, 0.3) is 0 Å². The lowest BCUT2D eigenvalue weighted by molar-refractivity contribution is 0.455. The van der Waals surface area contributed by atoms with Gasteiger partial charge in [-0.2, -0.15) is 5.26 Å². The molecule has 3 N–H and O–H groups in total. The molecule has 1 aromatic heterocycles. The fraction of sp³-hybridized carbons (Fsp3) is 0. The van der Waals surface area contributed by atoms with Crippen molar-refractivity contribution >= 4 is 35.8 Å². The number of rotatable bonds is 1. The van der Waals surface area contributed by atoms with E-state index < -0.39 is 0 Å². The third-order valence-electron chi connectivity index (χ3n) is 2.81. The molecule has 0 atom stereocenters. The van der Waals surface area contributed by atoms with Crippen LogP contribution >= 0.6 is 12.2 Å². The summed E-state index contributed by atoms with van der Waals surface area (Å²) in [6, 6.07) is 7.38. The number of imidazole rings is 1. The van der Waals surface area contributed by atoms with Gasteiger partial charge >= 0.3 is 0 Å². The molecule has 1 aliphatic heterocycles. The summed E-state index contributed by atoms with van der Waals surface area (Å²) in [4.78, 5) is 9.69. The summed E-state index contributed by atoms with van der Waals surface area (Å²) in [5.74, 6) is -0.0178. The molecule has 0 amide bonds. The highest BCUT2D eigenvalue weighted by molar-refractivity contribution is 7.71. The molecule has 2 aromatic rings. The number of benzene rings is 1. The molecule has 92 valence electrons. The Morgan fingerprint density at radius 2 is 2.21 bits per heavy atom. The maximum Gasteiger partial charge on any atom is 0.215 e. The van der Waals surface area contributed by atoms with Crippen molar-refractivity contribution in [1.82, 2.24) is 9.97 Å². The Hall–Kier alpha value is -2.65. The van der Waals surface area contributed by atoms with Gasteiger partial charge in [0.15, 0.2) is 4.77 Å². The molecule has 0 radical (unpaired) electrons. The molecule has 1 aromatic carbocycles. The molecule has 0 bridgehead atoms. The molecule has 0 aliphatic carbocycles. The predicted molar refractivity (Wildman–Crippen MR) is 74.8 cm³/mol. The van der Waals surface area contributed by atoms with E-state index in [1.54, 1.807) is 30.5 Å². The van der Waals surface area contributed by atoms with Crippen LogP contribution in [-0.2, 0) is 0 Å². The fourth-order valence-electron chi connectivity index (χ4n) is 1.92. The van der Waals surface area contributed by atoms with Crippen LogP contribution in [0.5, 0.6) is 5.88 Å². The first-order chi connectivity index (χ1) is 9.17. The Labute approximate surface area is 113 Å². The Morgan fingerprint density at radius 3 is 2.89 bits per heavy atom. The van der Waals surface area contributed by atoms with E-state index in [0.717, 1.165) is 16.8 Å². The highest BCUT2D eigenvalue weighted by atomic mass is 32.1. The normalized spacial score (nSPS) is 14.6. The van der Waals surface area contributed by atoms with Crippen LogP contribution in [-0.4, -0.2) is 21.3 Å². The average Bonchev–Trinajstić information content (AvgIpc) is 2.93. The number of hydrogen-bond donors (Lipinski definition) is 3. The summed E-state index contributed by atoms with van der Waals surface area (Å²) in [7, 11) is 0. The molecule has 0 spiro atoms. The van der Waals surface area contributed by atoms with Crippen molar-refractivity contribution in [2.75, 3.05) is 0 Å². The van der Waals surface area contributed by atoms with Crippen molar-refractivity contribution in [3.05, 3.63) is 39.8 Å². The lowest BCUT2D eigenvalue weighted by Crippen LogP contribution is -1.83. The van der Waals surface area contributed by atoms with Crippen molar-refractivity contribution < 1.29 is 5.11 Å². The minimum absolute atomic E-state index is 0.0178. The van der Waals surface area contributed by atoms with Crippen LogP contribution in [0, 0.1) is 16.1 Å². The van der Waals surface area contributed by atoms with Crippen molar-refractivity contribution in [1.29, 1.82) is 5.26 Å². The van der Waals surface area contributed by atoms with Crippen LogP contribution in [0.3, 0.4) is 0 Å². The predicted octanol–water partition coefficient (Wildman–Crippen LogP) is 2.91. The quantitative estimate of drug-likeness (QED) is 0.695. The van der Waals surface area contributed by atoms with Crippen LogP contribution in [0.4, 0.5) is 5.69 Å². The van der Waals surface area contributed by atoms with Crippen molar-refractivity contribution in [3.8, 4) is 11.9 Å². The van der Waals surface area contributed by atoms with E-state index in [1.165, 1.54) is 0 Å². The van der Waals surface area contributed by atoms with Gasteiger partial charge in [-0.3, -0.25) is 4.99 Å². The third-order valence-corrected chi connectivity index (χ3v) is 3.02. The van der Waals surface area contributed by atoms with E-state index in [9.17, 15) is 5.11 Å². The van der Waals surface area contributed by atoms with Gasteiger partial charge in [-0.05, 0) is 36.5 Å². The van der Waals surface area contributed by atoms with Crippen LogP contribution < -0.4 is 0 Å². The summed E-state index contributed by atoms with van der Waals surface area (Å²) < 4.78 is 0.352. The molecule has 5 nitrogen and oxygen atoms in total. The van der Waals surface area contributed by atoms with Gasteiger partial charge < -0.3 is 15.1 Å². The molecule has 19 heavy (non-hydrogen) atoms. The smallest absolute Gasteiger partial charge is 0.215 e. The van der Waals surface area contributed by atoms with E-state index in [0.29, 0.717) is 16.0 Å². The van der Waals surface area contributed by atoms with Crippen molar-refractivity contribution in [3.63, 3.8) is 0 Å². The molecule has 0 saturated carbocycles. The van der Waals surface area contributed by atoms with Crippen LogP contribution in [0.25, 0.3) is 11.6 Å². The van der Waals surface area contributed by atoms with Crippen LogP contribution in [0.1, 0.15) is 16.8 Å². The van der Waals surface area contributed by atoms with Crippen molar-refractivity contribution in [2.45, 2.75) is 0 Å². The Kier molecular flexibility index (Phi) is 2.54. The molecule has 1 aliphatic rings. The first-order valence-electron chi connectivity index (χ1n) is 5.49. The zero-order valence-electron chi connectivity index (χ0n) is 9.64. The average molecular weight is 268 g/mol. The molecule has 2 heterocycles. The van der Waals surface area contributed by atoms with E-state index in [4.69, 9.17) is 17.5 Å².